The molecule has 27 heavy (non-hydrogen) atoms. The summed E-state index contributed by atoms with van der Waals surface area (Å²) >= 11 is 12.1. The molecule has 0 radical (unpaired) electrons. The maximum Gasteiger partial charge on any atom is 0.227 e. The summed E-state index contributed by atoms with van der Waals surface area (Å²) in [5.41, 5.74) is 3.69. The largest absolute Gasteiger partial charge is 0.309 e. The third kappa shape index (κ3) is 4.70. The highest BCUT2D eigenvalue weighted by Gasteiger charge is 2.12. The van der Waals surface area contributed by atoms with Crippen molar-refractivity contribution in [3.63, 3.8) is 0 Å². The Morgan fingerprint density at radius 3 is 2.41 bits per heavy atom. The maximum atomic E-state index is 12.3. The molecule has 0 unspecified atom stereocenters. The van der Waals surface area contributed by atoms with Crippen molar-refractivity contribution >= 4 is 34.9 Å². The number of nitrogens with one attached hydrogen (secondary N) is 1. The minimum absolute atomic E-state index is 0.116. The monoisotopic (exact) mass is 405 g/mol. The lowest BCUT2D eigenvalue weighted by Crippen LogP contribution is -2.16. The van der Waals surface area contributed by atoms with Crippen molar-refractivity contribution in [3.05, 3.63) is 63.0 Å². The van der Waals surface area contributed by atoms with Crippen molar-refractivity contribution in [3.8, 4) is 0 Å². The molecule has 2 aromatic heterocycles. The number of hydrogen-bond acceptors (Lipinski definition) is 3. The van der Waals surface area contributed by atoms with E-state index in [1.807, 2.05) is 55.8 Å². The predicted octanol–water partition coefficient (Wildman–Crippen LogP) is 4.39. The average Bonchev–Trinajstić information content (AvgIpc) is 3.09. The first-order valence-corrected chi connectivity index (χ1v) is 9.37. The van der Waals surface area contributed by atoms with Crippen molar-refractivity contribution in [2.45, 2.75) is 40.3 Å². The molecule has 1 amide bonds. The molecule has 1 N–H and O–H groups in total. The Balaban J connectivity index is 1.59. The number of benzene rings is 1. The summed E-state index contributed by atoms with van der Waals surface area (Å²) in [5, 5.41) is 13.0. The van der Waals surface area contributed by atoms with Gasteiger partial charge >= 0.3 is 0 Å². The number of anilines is 1. The fraction of sp³-hybridized carbons (Fsp3) is 0.316. The van der Waals surface area contributed by atoms with Crippen molar-refractivity contribution in [1.82, 2.24) is 19.6 Å². The SMILES string of the molecule is Cc1nn(CCC(=O)Nc2cc(C)n(Cc3ccc(Cl)cc3)n2)c(C)c1Cl. The minimum atomic E-state index is -0.116. The van der Waals surface area contributed by atoms with Crippen molar-refractivity contribution in [2.24, 2.45) is 0 Å². The van der Waals surface area contributed by atoms with Gasteiger partial charge in [-0.3, -0.25) is 14.2 Å². The molecule has 8 heteroatoms. The van der Waals surface area contributed by atoms with Gasteiger partial charge in [-0.1, -0.05) is 35.3 Å². The molecule has 0 spiro atoms. The summed E-state index contributed by atoms with van der Waals surface area (Å²) in [4.78, 5) is 12.3. The van der Waals surface area contributed by atoms with Gasteiger partial charge in [0.1, 0.15) is 0 Å². The molecule has 0 saturated carbocycles. The lowest BCUT2D eigenvalue weighted by molar-refractivity contribution is -0.116. The highest BCUT2D eigenvalue weighted by atomic mass is 35.5. The van der Waals surface area contributed by atoms with E-state index in [0.29, 0.717) is 35.4 Å². The van der Waals surface area contributed by atoms with Crippen LogP contribution in [-0.4, -0.2) is 25.5 Å². The number of aryl methyl sites for hydroxylation is 3. The van der Waals surface area contributed by atoms with Gasteiger partial charge in [-0.25, -0.2) is 0 Å². The van der Waals surface area contributed by atoms with E-state index in [1.54, 1.807) is 4.68 Å². The van der Waals surface area contributed by atoms with Crippen LogP contribution in [-0.2, 0) is 17.9 Å². The van der Waals surface area contributed by atoms with Crippen LogP contribution < -0.4 is 5.32 Å². The van der Waals surface area contributed by atoms with Gasteiger partial charge in [0, 0.05) is 23.2 Å². The quantitative estimate of drug-likeness (QED) is 0.661. The third-order valence-corrected chi connectivity index (χ3v) is 5.14. The lowest BCUT2D eigenvalue weighted by atomic mass is 10.2. The Morgan fingerprint density at radius 2 is 1.78 bits per heavy atom. The van der Waals surface area contributed by atoms with Gasteiger partial charge < -0.3 is 5.32 Å². The minimum Gasteiger partial charge on any atom is -0.309 e. The molecule has 3 aromatic rings. The Bertz CT molecular complexity index is 959. The second kappa shape index (κ2) is 8.15. The highest BCUT2D eigenvalue weighted by molar-refractivity contribution is 6.31. The van der Waals surface area contributed by atoms with Gasteiger partial charge in [0.2, 0.25) is 5.91 Å². The molecule has 0 atom stereocenters. The summed E-state index contributed by atoms with van der Waals surface area (Å²) in [6.45, 7) is 6.78. The van der Waals surface area contributed by atoms with E-state index in [-0.39, 0.29) is 5.91 Å². The molecule has 0 aliphatic carbocycles. The second-order valence-electron chi connectivity index (χ2n) is 6.46. The van der Waals surface area contributed by atoms with Crippen LogP contribution in [0.3, 0.4) is 0 Å². The lowest BCUT2D eigenvalue weighted by Gasteiger charge is -2.05. The number of rotatable bonds is 6. The summed E-state index contributed by atoms with van der Waals surface area (Å²) in [6, 6.07) is 9.48. The van der Waals surface area contributed by atoms with Crippen molar-refractivity contribution in [1.29, 1.82) is 0 Å². The Morgan fingerprint density at radius 1 is 1.07 bits per heavy atom. The van der Waals surface area contributed by atoms with Crippen LogP contribution in [0.1, 0.15) is 29.1 Å². The molecular formula is C19H21Cl2N5O. The number of carbonyl (C=O) groups excluding carboxylic acids is 1. The number of nitrogens with zero attached hydrogens (tertiary/aromatic N) is 4. The average molecular weight is 406 g/mol. The third-order valence-electron chi connectivity index (χ3n) is 4.34. The standard InChI is InChI=1S/C19H21Cl2N5O/c1-12-10-17(24-26(12)11-15-4-6-16(20)7-5-15)22-18(27)8-9-25-14(3)19(21)13(2)23-25/h4-7,10H,8-9,11H2,1-3H3,(H,22,24,27). The molecule has 2 heterocycles. The zero-order valence-corrected chi connectivity index (χ0v) is 17.0. The molecule has 1 aromatic carbocycles. The van der Waals surface area contributed by atoms with Gasteiger partial charge in [-0.05, 0) is 38.5 Å². The molecule has 3 rings (SSSR count). The molecule has 0 aliphatic rings. The highest BCUT2D eigenvalue weighted by Crippen LogP contribution is 2.19. The van der Waals surface area contributed by atoms with Crippen LogP contribution in [0.25, 0.3) is 0 Å². The normalized spacial score (nSPS) is 11.0. The smallest absolute Gasteiger partial charge is 0.227 e. The zero-order valence-electron chi connectivity index (χ0n) is 15.5. The van der Waals surface area contributed by atoms with E-state index in [4.69, 9.17) is 23.2 Å². The summed E-state index contributed by atoms with van der Waals surface area (Å²) in [5.74, 6) is 0.424. The topological polar surface area (TPSA) is 64.7 Å². The van der Waals surface area contributed by atoms with E-state index in [9.17, 15) is 4.79 Å². The number of hydrogen-bond donors (Lipinski definition) is 1. The second-order valence-corrected chi connectivity index (χ2v) is 7.28. The molecule has 0 aliphatic heterocycles. The Kier molecular flexibility index (Phi) is 5.87. The Labute approximate surface area is 168 Å². The molecule has 0 fully saturated rings. The zero-order chi connectivity index (χ0) is 19.6. The summed E-state index contributed by atoms with van der Waals surface area (Å²) in [6.07, 6.45) is 0.293. The van der Waals surface area contributed by atoms with Gasteiger partial charge in [-0.15, -0.1) is 0 Å². The van der Waals surface area contributed by atoms with E-state index in [1.165, 1.54) is 0 Å². The first-order valence-electron chi connectivity index (χ1n) is 8.61. The van der Waals surface area contributed by atoms with E-state index < -0.39 is 0 Å². The fourth-order valence-electron chi connectivity index (χ4n) is 2.80. The van der Waals surface area contributed by atoms with Crippen LogP contribution in [0.5, 0.6) is 0 Å². The van der Waals surface area contributed by atoms with Gasteiger partial charge in [-0.2, -0.15) is 10.2 Å². The van der Waals surface area contributed by atoms with Gasteiger partial charge in [0.05, 0.1) is 29.5 Å². The fourth-order valence-corrected chi connectivity index (χ4v) is 3.06. The van der Waals surface area contributed by atoms with Crippen molar-refractivity contribution < 1.29 is 4.79 Å². The predicted molar refractivity (Wildman–Crippen MR) is 107 cm³/mol. The molecule has 142 valence electrons. The van der Waals surface area contributed by atoms with Crippen LogP contribution >= 0.6 is 23.2 Å². The number of aromatic nitrogens is 4. The summed E-state index contributed by atoms with van der Waals surface area (Å²) < 4.78 is 3.60. The number of halogens is 2. The maximum absolute atomic E-state index is 12.3. The Hall–Kier alpha value is -2.31. The summed E-state index contributed by atoms with van der Waals surface area (Å²) in [7, 11) is 0. The van der Waals surface area contributed by atoms with Gasteiger partial charge in [0.15, 0.2) is 5.82 Å². The molecule has 6 nitrogen and oxygen atoms in total. The van der Waals surface area contributed by atoms with Crippen LogP contribution in [0.4, 0.5) is 5.82 Å². The first-order chi connectivity index (χ1) is 12.8. The molecular weight excluding hydrogens is 385 g/mol. The van der Waals surface area contributed by atoms with Crippen LogP contribution in [0, 0.1) is 20.8 Å². The van der Waals surface area contributed by atoms with Gasteiger partial charge in [0.25, 0.3) is 0 Å². The van der Waals surface area contributed by atoms with E-state index in [2.05, 4.69) is 15.5 Å². The van der Waals surface area contributed by atoms with Crippen molar-refractivity contribution in [2.75, 3.05) is 5.32 Å². The van der Waals surface area contributed by atoms with Crippen LogP contribution in [0.2, 0.25) is 10.0 Å². The van der Waals surface area contributed by atoms with E-state index in [0.717, 1.165) is 22.6 Å². The number of carbonyl (C=O) groups is 1. The van der Waals surface area contributed by atoms with E-state index >= 15 is 0 Å². The first kappa shape index (κ1) is 19.5. The van der Waals surface area contributed by atoms with Crippen LogP contribution in [0.15, 0.2) is 30.3 Å². The number of amides is 1. The molecule has 0 saturated heterocycles. The molecule has 0 bridgehead atoms.